The molecule has 0 amide bonds. The molecule has 3 atom stereocenters. The first kappa shape index (κ1) is 16.4. The van der Waals surface area contributed by atoms with Gasteiger partial charge in [0.05, 0.1) is 7.11 Å². The van der Waals surface area contributed by atoms with E-state index in [2.05, 4.69) is 51.2 Å². The van der Waals surface area contributed by atoms with Crippen LogP contribution in [0.25, 0.3) is 0 Å². The van der Waals surface area contributed by atoms with Crippen LogP contribution in [0.2, 0.25) is 0 Å². The minimum atomic E-state index is 0.560. The van der Waals surface area contributed by atoms with Crippen LogP contribution in [0.4, 0.5) is 0 Å². The Labute approximate surface area is 130 Å². The van der Waals surface area contributed by atoms with Gasteiger partial charge in [-0.25, -0.2) is 0 Å². The largest absolute Gasteiger partial charge is 0.496 e. The number of methoxy groups -OCH3 is 1. The second-order valence-electron chi connectivity index (χ2n) is 7.09. The Balaban J connectivity index is 2.25. The van der Waals surface area contributed by atoms with Gasteiger partial charge in [0.1, 0.15) is 5.75 Å². The normalized spacial score (nSPS) is 26.1. The first-order valence-corrected chi connectivity index (χ1v) is 8.39. The Hall–Kier alpha value is -1.02. The minimum absolute atomic E-state index is 0.560. The first-order chi connectivity index (χ1) is 10.0. The Bertz CT molecular complexity index is 455. The van der Waals surface area contributed by atoms with Crippen LogP contribution >= 0.6 is 0 Å². The highest BCUT2D eigenvalue weighted by molar-refractivity contribution is 5.40. The summed E-state index contributed by atoms with van der Waals surface area (Å²) >= 11 is 0. The van der Waals surface area contributed by atoms with E-state index in [1.165, 1.54) is 30.4 Å². The molecule has 1 aromatic rings. The lowest BCUT2D eigenvalue weighted by Crippen LogP contribution is -2.34. The van der Waals surface area contributed by atoms with Crippen molar-refractivity contribution in [3.8, 4) is 5.75 Å². The Morgan fingerprint density at radius 3 is 2.71 bits per heavy atom. The van der Waals surface area contributed by atoms with Crippen LogP contribution in [0.15, 0.2) is 18.2 Å². The average molecular weight is 289 g/mol. The molecule has 0 aliphatic heterocycles. The van der Waals surface area contributed by atoms with Crippen molar-refractivity contribution in [3.63, 3.8) is 0 Å². The molecule has 0 radical (unpaired) electrons. The van der Waals surface area contributed by atoms with Crippen LogP contribution < -0.4 is 10.1 Å². The summed E-state index contributed by atoms with van der Waals surface area (Å²) in [6, 6.07) is 7.18. The number of hydrogen-bond donors (Lipinski definition) is 1. The van der Waals surface area contributed by atoms with Gasteiger partial charge in [-0.3, -0.25) is 0 Å². The number of benzene rings is 1. The van der Waals surface area contributed by atoms with Crippen molar-refractivity contribution in [2.75, 3.05) is 13.7 Å². The zero-order valence-electron chi connectivity index (χ0n) is 14.3. The fourth-order valence-corrected chi connectivity index (χ4v) is 3.60. The molecule has 0 bridgehead atoms. The zero-order chi connectivity index (χ0) is 15.4. The van der Waals surface area contributed by atoms with Gasteiger partial charge >= 0.3 is 0 Å². The summed E-state index contributed by atoms with van der Waals surface area (Å²) in [5.41, 5.74) is 2.75. The number of aryl methyl sites for hydroxylation is 1. The predicted molar refractivity (Wildman–Crippen MR) is 90.1 cm³/mol. The first-order valence-electron chi connectivity index (χ1n) is 8.39. The number of ether oxygens (including phenoxy) is 1. The van der Waals surface area contributed by atoms with Crippen LogP contribution in [0, 0.1) is 18.8 Å². The van der Waals surface area contributed by atoms with E-state index in [1.807, 2.05) is 0 Å². The standard InChI is InChI=1S/C19H31NO/c1-13(2)20-12-16-8-6-14(3)10-17(16)18-11-15(4)7-9-19(18)21-5/h7,9,11,13-14,16-17,20H,6,8,10,12H2,1-5H3. The van der Waals surface area contributed by atoms with Gasteiger partial charge in [0.25, 0.3) is 0 Å². The van der Waals surface area contributed by atoms with Crippen LogP contribution in [-0.4, -0.2) is 19.7 Å². The van der Waals surface area contributed by atoms with Crippen LogP contribution in [0.3, 0.4) is 0 Å². The Morgan fingerprint density at radius 2 is 2.05 bits per heavy atom. The monoisotopic (exact) mass is 289 g/mol. The average Bonchev–Trinajstić information content (AvgIpc) is 2.45. The number of hydrogen-bond acceptors (Lipinski definition) is 2. The van der Waals surface area contributed by atoms with E-state index in [0.29, 0.717) is 12.0 Å². The third kappa shape index (κ3) is 4.23. The van der Waals surface area contributed by atoms with Gasteiger partial charge in [0.2, 0.25) is 0 Å². The third-order valence-electron chi connectivity index (χ3n) is 4.83. The molecule has 118 valence electrons. The second-order valence-corrected chi connectivity index (χ2v) is 7.09. The fourth-order valence-electron chi connectivity index (χ4n) is 3.60. The van der Waals surface area contributed by atoms with Gasteiger partial charge < -0.3 is 10.1 Å². The molecule has 1 saturated carbocycles. The van der Waals surface area contributed by atoms with Crippen molar-refractivity contribution in [2.24, 2.45) is 11.8 Å². The van der Waals surface area contributed by atoms with E-state index in [4.69, 9.17) is 4.74 Å². The molecule has 1 N–H and O–H groups in total. The molecule has 0 aromatic heterocycles. The van der Waals surface area contributed by atoms with Gasteiger partial charge in [0, 0.05) is 6.04 Å². The highest BCUT2D eigenvalue weighted by Gasteiger charge is 2.31. The van der Waals surface area contributed by atoms with Gasteiger partial charge in [-0.15, -0.1) is 0 Å². The van der Waals surface area contributed by atoms with E-state index < -0.39 is 0 Å². The van der Waals surface area contributed by atoms with Gasteiger partial charge in [-0.2, -0.15) is 0 Å². The van der Waals surface area contributed by atoms with Crippen molar-refractivity contribution < 1.29 is 4.74 Å². The molecule has 1 fully saturated rings. The molecule has 1 aliphatic rings. The smallest absolute Gasteiger partial charge is 0.122 e. The summed E-state index contributed by atoms with van der Waals surface area (Å²) in [6.45, 7) is 10.1. The highest BCUT2D eigenvalue weighted by Crippen LogP contribution is 2.43. The summed E-state index contributed by atoms with van der Waals surface area (Å²) in [5, 5.41) is 3.64. The molecule has 1 aliphatic carbocycles. The second kappa shape index (κ2) is 7.31. The summed E-state index contributed by atoms with van der Waals surface area (Å²) in [5.74, 6) is 3.22. The molecule has 3 unspecified atom stereocenters. The zero-order valence-corrected chi connectivity index (χ0v) is 14.3. The van der Waals surface area contributed by atoms with Gasteiger partial charge in [-0.05, 0) is 55.7 Å². The van der Waals surface area contributed by atoms with Crippen LogP contribution in [-0.2, 0) is 0 Å². The minimum Gasteiger partial charge on any atom is -0.496 e. The Kier molecular flexibility index (Phi) is 5.69. The van der Waals surface area contributed by atoms with Gasteiger partial charge in [-0.1, -0.05) is 44.9 Å². The van der Waals surface area contributed by atoms with E-state index in [1.54, 1.807) is 7.11 Å². The third-order valence-corrected chi connectivity index (χ3v) is 4.83. The van der Waals surface area contributed by atoms with Gasteiger partial charge in [0.15, 0.2) is 0 Å². The topological polar surface area (TPSA) is 21.3 Å². The van der Waals surface area contributed by atoms with E-state index in [0.717, 1.165) is 24.1 Å². The lowest BCUT2D eigenvalue weighted by Gasteiger charge is -2.36. The fraction of sp³-hybridized carbons (Fsp3) is 0.684. The number of nitrogens with one attached hydrogen (secondary N) is 1. The summed E-state index contributed by atoms with van der Waals surface area (Å²) in [6.07, 6.45) is 3.96. The van der Waals surface area contributed by atoms with Crippen molar-refractivity contribution >= 4 is 0 Å². The SMILES string of the molecule is COc1ccc(C)cc1C1CC(C)CCC1CNC(C)C. The van der Waals surface area contributed by atoms with Crippen molar-refractivity contribution in [2.45, 2.75) is 58.9 Å². The van der Waals surface area contributed by atoms with E-state index in [9.17, 15) is 0 Å². The predicted octanol–water partition coefficient (Wildman–Crippen LogP) is 4.52. The lowest BCUT2D eigenvalue weighted by atomic mass is 9.71. The van der Waals surface area contributed by atoms with Crippen LogP contribution in [0.5, 0.6) is 5.75 Å². The molecule has 21 heavy (non-hydrogen) atoms. The molecule has 0 heterocycles. The van der Waals surface area contributed by atoms with E-state index >= 15 is 0 Å². The number of rotatable bonds is 5. The molecule has 2 heteroatoms. The molecule has 0 spiro atoms. The molecule has 2 rings (SSSR count). The highest BCUT2D eigenvalue weighted by atomic mass is 16.5. The summed E-state index contributed by atoms with van der Waals surface area (Å²) in [4.78, 5) is 0. The van der Waals surface area contributed by atoms with Crippen molar-refractivity contribution in [1.82, 2.24) is 5.32 Å². The molecular weight excluding hydrogens is 258 g/mol. The van der Waals surface area contributed by atoms with Crippen LogP contribution in [0.1, 0.15) is 57.1 Å². The molecule has 2 nitrogen and oxygen atoms in total. The molecule has 0 saturated heterocycles. The maximum Gasteiger partial charge on any atom is 0.122 e. The molecular formula is C19H31NO. The summed E-state index contributed by atoms with van der Waals surface area (Å²) < 4.78 is 5.64. The Morgan fingerprint density at radius 1 is 1.29 bits per heavy atom. The quantitative estimate of drug-likeness (QED) is 0.860. The lowest BCUT2D eigenvalue weighted by molar-refractivity contribution is 0.234. The van der Waals surface area contributed by atoms with Crippen molar-refractivity contribution in [3.05, 3.63) is 29.3 Å². The van der Waals surface area contributed by atoms with Crippen molar-refractivity contribution in [1.29, 1.82) is 0 Å². The molecule has 1 aromatic carbocycles. The summed E-state index contributed by atoms with van der Waals surface area (Å²) in [7, 11) is 1.79. The van der Waals surface area contributed by atoms with E-state index in [-0.39, 0.29) is 0 Å². The maximum atomic E-state index is 5.64. The maximum absolute atomic E-state index is 5.64.